The van der Waals surface area contributed by atoms with Gasteiger partial charge in [-0.15, -0.1) is 0 Å². The quantitative estimate of drug-likeness (QED) is 0.894. The van der Waals surface area contributed by atoms with Crippen LogP contribution in [0.2, 0.25) is 0 Å². The minimum Gasteiger partial charge on any atom is -0.480 e. The summed E-state index contributed by atoms with van der Waals surface area (Å²) in [5.74, 6) is -1.03. The SMILES string of the molecule is COCCN(CC(=O)O)C(=O)N1c2ccccc2CC1C. The van der Waals surface area contributed by atoms with Crippen molar-refractivity contribution in [3.63, 3.8) is 0 Å². The molecule has 21 heavy (non-hydrogen) atoms. The first kappa shape index (κ1) is 15.3. The number of fused-ring (bicyclic) bond motifs is 1. The van der Waals surface area contributed by atoms with Crippen molar-refractivity contribution in [1.82, 2.24) is 4.90 Å². The number of carboxylic acids is 1. The summed E-state index contributed by atoms with van der Waals surface area (Å²) in [4.78, 5) is 26.6. The number of carbonyl (C=O) groups excluding carboxylic acids is 1. The van der Waals surface area contributed by atoms with Gasteiger partial charge in [0.2, 0.25) is 0 Å². The molecule has 1 aliphatic rings. The molecule has 1 aliphatic heterocycles. The predicted molar refractivity (Wildman–Crippen MR) is 78.6 cm³/mol. The molecule has 6 heteroatoms. The Morgan fingerprint density at radius 3 is 2.81 bits per heavy atom. The molecule has 114 valence electrons. The molecular weight excluding hydrogens is 272 g/mol. The standard InChI is InChI=1S/C15H20N2O4/c1-11-9-12-5-3-4-6-13(12)17(11)15(20)16(7-8-21-2)10-14(18)19/h3-6,11H,7-10H2,1-2H3,(H,18,19). The topological polar surface area (TPSA) is 70.1 Å². The minimum atomic E-state index is -1.03. The smallest absolute Gasteiger partial charge is 0.325 e. The lowest BCUT2D eigenvalue weighted by molar-refractivity contribution is -0.137. The molecule has 1 unspecified atom stereocenters. The third-order valence-electron chi connectivity index (χ3n) is 3.58. The second kappa shape index (κ2) is 6.58. The number of para-hydroxylation sites is 1. The molecule has 1 heterocycles. The maximum atomic E-state index is 12.7. The monoisotopic (exact) mass is 292 g/mol. The highest BCUT2D eigenvalue weighted by Crippen LogP contribution is 2.32. The van der Waals surface area contributed by atoms with E-state index in [9.17, 15) is 9.59 Å². The Morgan fingerprint density at radius 2 is 2.14 bits per heavy atom. The van der Waals surface area contributed by atoms with Crippen molar-refractivity contribution in [2.45, 2.75) is 19.4 Å². The summed E-state index contributed by atoms with van der Waals surface area (Å²) in [7, 11) is 1.53. The molecule has 1 aromatic carbocycles. The van der Waals surface area contributed by atoms with Crippen LogP contribution in [0.25, 0.3) is 0 Å². The largest absolute Gasteiger partial charge is 0.480 e. The molecule has 0 spiro atoms. The van der Waals surface area contributed by atoms with Crippen molar-refractivity contribution in [1.29, 1.82) is 0 Å². The number of carboxylic acid groups (broad SMARTS) is 1. The molecule has 1 N–H and O–H groups in total. The van der Waals surface area contributed by atoms with E-state index in [-0.39, 0.29) is 25.2 Å². The Morgan fingerprint density at radius 1 is 1.43 bits per heavy atom. The molecule has 0 fully saturated rings. The Balaban J connectivity index is 2.21. The van der Waals surface area contributed by atoms with E-state index in [1.807, 2.05) is 31.2 Å². The summed E-state index contributed by atoms with van der Waals surface area (Å²) in [5, 5.41) is 8.98. The molecule has 2 rings (SSSR count). The van der Waals surface area contributed by atoms with Gasteiger partial charge >= 0.3 is 12.0 Å². The van der Waals surface area contributed by atoms with Gasteiger partial charge in [0.1, 0.15) is 6.54 Å². The maximum absolute atomic E-state index is 12.7. The first-order valence-electron chi connectivity index (χ1n) is 6.91. The predicted octanol–water partition coefficient (Wildman–Crippen LogP) is 1.59. The number of urea groups is 1. The second-order valence-corrected chi connectivity index (χ2v) is 5.14. The van der Waals surface area contributed by atoms with E-state index in [2.05, 4.69) is 0 Å². The van der Waals surface area contributed by atoms with Crippen molar-refractivity contribution in [2.75, 3.05) is 31.7 Å². The van der Waals surface area contributed by atoms with Gasteiger partial charge in [-0.05, 0) is 25.0 Å². The van der Waals surface area contributed by atoms with Gasteiger partial charge in [-0.2, -0.15) is 0 Å². The van der Waals surface area contributed by atoms with Crippen LogP contribution in [0.4, 0.5) is 10.5 Å². The first-order chi connectivity index (χ1) is 10.0. The molecule has 1 atom stereocenters. The summed E-state index contributed by atoms with van der Waals surface area (Å²) in [6.07, 6.45) is 0.785. The zero-order valence-corrected chi connectivity index (χ0v) is 12.3. The Kier molecular flexibility index (Phi) is 4.80. The number of hydrogen-bond donors (Lipinski definition) is 1. The number of amides is 2. The van der Waals surface area contributed by atoms with Crippen LogP contribution in [0.1, 0.15) is 12.5 Å². The highest BCUT2D eigenvalue weighted by atomic mass is 16.5. The summed E-state index contributed by atoms with van der Waals surface area (Å²) in [6.45, 7) is 2.21. The fourth-order valence-corrected chi connectivity index (χ4v) is 2.62. The Bertz CT molecular complexity index is 532. The van der Waals surface area contributed by atoms with E-state index in [0.29, 0.717) is 6.61 Å². The average Bonchev–Trinajstić information content (AvgIpc) is 2.78. The highest BCUT2D eigenvalue weighted by Gasteiger charge is 2.33. The van der Waals surface area contributed by atoms with Crippen LogP contribution in [0, 0.1) is 0 Å². The zero-order chi connectivity index (χ0) is 15.4. The van der Waals surface area contributed by atoms with Gasteiger partial charge < -0.3 is 14.7 Å². The van der Waals surface area contributed by atoms with Crippen molar-refractivity contribution >= 4 is 17.7 Å². The lowest BCUT2D eigenvalue weighted by Crippen LogP contribution is -2.48. The number of anilines is 1. The molecule has 0 radical (unpaired) electrons. The molecule has 0 saturated carbocycles. The van der Waals surface area contributed by atoms with Gasteiger partial charge in [-0.25, -0.2) is 4.79 Å². The van der Waals surface area contributed by atoms with E-state index in [1.54, 1.807) is 4.90 Å². The number of hydrogen-bond acceptors (Lipinski definition) is 3. The van der Waals surface area contributed by atoms with E-state index in [0.717, 1.165) is 17.7 Å². The van der Waals surface area contributed by atoms with Gasteiger partial charge in [0.15, 0.2) is 0 Å². The van der Waals surface area contributed by atoms with Crippen LogP contribution in [0.5, 0.6) is 0 Å². The third kappa shape index (κ3) is 3.33. The van der Waals surface area contributed by atoms with E-state index >= 15 is 0 Å². The first-order valence-corrected chi connectivity index (χ1v) is 6.91. The zero-order valence-electron chi connectivity index (χ0n) is 12.3. The highest BCUT2D eigenvalue weighted by molar-refractivity contribution is 5.96. The van der Waals surface area contributed by atoms with E-state index < -0.39 is 5.97 Å². The molecule has 1 aromatic rings. The number of carbonyl (C=O) groups is 2. The van der Waals surface area contributed by atoms with Crippen LogP contribution in [0.15, 0.2) is 24.3 Å². The summed E-state index contributed by atoms with van der Waals surface area (Å²) in [6, 6.07) is 7.45. The lowest BCUT2D eigenvalue weighted by Gasteiger charge is -2.30. The summed E-state index contributed by atoms with van der Waals surface area (Å²) in [5.41, 5.74) is 1.98. The summed E-state index contributed by atoms with van der Waals surface area (Å²) >= 11 is 0. The number of rotatable bonds is 5. The number of benzene rings is 1. The van der Waals surface area contributed by atoms with Crippen molar-refractivity contribution < 1.29 is 19.4 Å². The van der Waals surface area contributed by atoms with Crippen molar-refractivity contribution in [2.24, 2.45) is 0 Å². The molecule has 6 nitrogen and oxygen atoms in total. The van der Waals surface area contributed by atoms with Crippen LogP contribution < -0.4 is 4.90 Å². The molecule has 0 saturated heterocycles. The minimum absolute atomic E-state index is 0.0220. The van der Waals surface area contributed by atoms with Gasteiger partial charge in [0.25, 0.3) is 0 Å². The van der Waals surface area contributed by atoms with E-state index in [4.69, 9.17) is 9.84 Å². The van der Waals surface area contributed by atoms with Gasteiger partial charge in [0.05, 0.1) is 6.61 Å². The molecule has 0 aliphatic carbocycles. The van der Waals surface area contributed by atoms with Crippen LogP contribution in [-0.4, -0.2) is 54.9 Å². The molecule has 0 aromatic heterocycles. The van der Waals surface area contributed by atoms with Crippen LogP contribution in [-0.2, 0) is 16.0 Å². The maximum Gasteiger partial charge on any atom is 0.325 e. The number of aliphatic carboxylic acids is 1. The van der Waals surface area contributed by atoms with Crippen molar-refractivity contribution in [3.8, 4) is 0 Å². The van der Waals surface area contributed by atoms with Gasteiger partial charge in [-0.1, -0.05) is 18.2 Å². The van der Waals surface area contributed by atoms with E-state index in [1.165, 1.54) is 12.0 Å². The second-order valence-electron chi connectivity index (χ2n) is 5.14. The van der Waals surface area contributed by atoms with Crippen LogP contribution in [0.3, 0.4) is 0 Å². The van der Waals surface area contributed by atoms with Crippen LogP contribution >= 0.6 is 0 Å². The fourth-order valence-electron chi connectivity index (χ4n) is 2.62. The molecule has 0 bridgehead atoms. The fraction of sp³-hybridized carbons (Fsp3) is 0.467. The lowest BCUT2D eigenvalue weighted by atomic mass is 10.1. The number of nitrogens with zero attached hydrogens (tertiary/aromatic N) is 2. The summed E-state index contributed by atoms with van der Waals surface area (Å²) < 4.78 is 4.96. The third-order valence-corrected chi connectivity index (χ3v) is 3.58. The molecule has 2 amide bonds. The van der Waals surface area contributed by atoms with Gasteiger partial charge in [-0.3, -0.25) is 9.69 Å². The number of methoxy groups -OCH3 is 1. The average molecular weight is 292 g/mol. The normalized spacial score (nSPS) is 16.7. The Hall–Kier alpha value is -2.08. The Labute approximate surface area is 123 Å². The molecular formula is C15H20N2O4. The number of ether oxygens (including phenoxy) is 1. The van der Waals surface area contributed by atoms with Crippen molar-refractivity contribution in [3.05, 3.63) is 29.8 Å². The van der Waals surface area contributed by atoms with Gasteiger partial charge in [0, 0.05) is 25.4 Å².